The van der Waals surface area contributed by atoms with Gasteiger partial charge < -0.3 is 33.5 Å². The molecule has 3 atom stereocenters. The van der Waals surface area contributed by atoms with Crippen LogP contribution in [0, 0.1) is 0 Å². The van der Waals surface area contributed by atoms with Gasteiger partial charge in [-0.05, 0) is 11.6 Å². The summed E-state index contributed by atoms with van der Waals surface area (Å²) in [4.78, 5) is 0. The zero-order valence-corrected chi connectivity index (χ0v) is 16.4. The normalized spacial score (nSPS) is 14.4. The molecule has 0 amide bonds. The van der Waals surface area contributed by atoms with Gasteiger partial charge in [0.05, 0.1) is 0 Å². The zero-order valence-electron chi connectivity index (χ0n) is 16.4. The largest absolute Gasteiger partial charge is 0.467 e. The van der Waals surface area contributed by atoms with E-state index in [0.29, 0.717) is 11.3 Å². The fraction of sp³-hybridized carbons (Fsp3) is 0.429. The van der Waals surface area contributed by atoms with Crippen molar-refractivity contribution in [1.29, 1.82) is 0 Å². The molecular formula is C21H28O7. The van der Waals surface area contributed by atoms with Crippen molar-refractivity contribution in [3.05, 3.63) is 65.7 Å². The van der Waals surface area contributed by atoms with Crippen LogP contribution in [0.15, 0.2) is 54.6 Å². The lowest BCUT2D eigenvalue weighted by Gasteiger charge is -2.31. The van der Waals surface area contributed by atoms with Gasteiger partial charge in [0, 0.05) is 26.9 Å². The van der Waals surface area contributed by atoms with Gasteiger partial charge in [0.15, 0.2) is 6.79 Å². The van der Waals surface area contributed by atoms with E-state index in [1.54, 1.807) is 12.1 Å². The van der Waals surface area contributed by atoms with Crippen LogP contribution in [0.5, 0.6) is 5.75 Å². The van der Waals surface area contributed by atoms with E-state index in [9.17, 15) is 5.11 Å². The highest BCUT2D eigenvalue weighted by atomic mass is 16.7. The number of methoxy groups -OCH3 is 3. The number of para-hydroxylation sites is 1. The molecule has 0 aliphatic carbocycles. The Balaban J connectivity index is 2.37. The molecule has 7 nitrogen and oxygen atoms in total. The second-order valence-electron chi connectivity index (χ2n) is 5.98. The Kier molecular flexibility index (Phi) is 9.92. The molecule has 0 fully saturated rings. The summed E-state index contributed by atoms with van der Waals surface area (Å²) in [5.74, 6) is 0.501. The molecule has 0 aliphatic rings. The van der Waals surface area contributed by atoms with E-state index in [0.717, 1.165) is 5.56 Å². The Morgan fingerprint density at radius 3 is 2.04 bits per heavy atom. The molecule has 7 heteroatoms. The SMILES string of the molecule is COCOc1ccccc1C(O)[C@H](OCOC)[C@@H](OCOC)c1ccccc1. The second-order valence-corrected chi connectivity index (χ2v) is 5.98. The fourth-order valence-corrected chi connectivity index (χ4v) is 2.81. The van der Waals surface area contributed by atoms with Crippen molar-refractivity contribution in [2.45, 2.75) is 18.3 Å². The van der Waals surface area contributed by atoms with Crippen molar-refractivity contribution in [2.24, 2.45) is 0 Å². The minimum Gasteiger partial charge on any atom is -0.467 e. The topological polar surface area (TPSA) is 75.6 Å². The van der Waals surface area contributed by atoms with E-state index in [4.69, 9.17) is 28.4 Å². The Morgan fingerprint density at radius 1 is 0.750 bits per heavy atom. The Labute approximate surface area is 165 Å². The van der Waals surface area contributed by atoms with Crippen LogP contribution < -0.4 is 4.74 Å². The molecule has 0 spiro atoms. The highest BCUT2D eigenvalue weighted by Gasteiger charge is 2.34. The zero-order chi connectivity index (χ0) is 20.2. The van der Waals surface area contributed by atoms with Crippen LogP contribution in [0.25, 0.3) is 0 Å². The molecule has 2 aromatic carbocycles. The van der Waals surface area contributed by atoms with Gasteiger partial charge >= 0.3 is 0 Å². The quantitative estimate of drug-likeness (QED) is 0.525. The number of rotatable bonds is 13. The lowest BCUT2D eigenvalue weighted by atomic mass is 9.95. The third kappa shape index (κ3) is 6.27. The maximum Gasteiger partial charge on any atom is 0.188 e. The average Bonchev–Trinajstić information content (AvgIpc) is 2.75. The Bertz CT molecular complexity index is 665. The third-order valence-electron chi connectivity index (χ3n) is 4.05. The van der Waals surface area contributed by atoms with Crippen LogP contribution in [0.2, 0.25) is 0 Å². The van der Waals surface area contributed by atoms with E-state index in [-0.39, 0.29) is 20.4 Å². The number of aliphatic hydroxyl groups excluding tert-OH is 1. The van der Waals surface area contributed by atoms with E-state index >= 15 is 0 Å². The molecule has 0 aromatic heterocycles. The second kappa shape index (κ2) is 12.5. The molecule has 0 radical (unpaired) electrons. The molecule has 0 heterocycles. The van der Waals surface area contributed by atoms with Crippen molar-refractivity contribution in [1.82, 2.24) is 0 Å². The van der Waals surface area contributed by atoms with E-state index < -0.39 is 18.3 Å². The summed E-state index contributed by atoms with van der Waals surface area (Å²) in [6.07, 6.45) is -2.42. The summed E-state index contributed by atoms with van der Waals surface area (Å²) in [5.41, 5.74) is 1.40. The molecule has 0 saturated carbocycles. The van der Waals surface area contributed by atoms with Crippen molar-refractivity contribution < 1.29 is 33.5 Å². The van der Waals surface area contributed by atoms with E-state index in [2.05, 4.69) is 0 Å². The summed E-state index contributed by atoms with van der Waals surface area (Å²) < 4.78 is 32.4. The van der Waals surface area contributed by atoms with Gasteiger partial charge in [-0.2, -0.15) is 0 Å². The number of hydrogen-bond acceptors (Lipinski definition) is 7. The number of aliphatic hydroxyl groups is 1. The molecule has 2 rings (SSSR count). The Morgan fingerprint density at radius 2 is 1.36 bits per heavy atom. The highest BCUT2D eigenvalue weighted by molar-refractivity contribution is 5.36. The lowest BCUT2D eigenvalue weighted by molar-refractivity contribution is -0.189. The van der Waals surface area contributed by atoms with Gasteiger partial charge in [0.2, 0.25) is 0 Å². The maximum atomic E-state index is 11.2. The van der Waals surface area contributed by atoms with Crippen LogP contribution in [-0.2, 0) is 23.7 Å². The first-order chi connectivity index (χ1) is 13.7. The maximum absolute atomic E-state index is 11.2. The van der Waals surface area contributed by atoms with Gasteiger partial charge in [-0.1, -0.05) is 48.5 Å². The molecule has 0 aliphatic heterocycles. The smallest absolute Gasteiger partial charge is 0.188 e. The minimum atomic E-state index is -1.05. The van der Waals surface area contributed by atoms with Crippen molar-refractivity contribution >= 4 is 0 Å². The van der Waals surface area contributed by atoms with Crippen molar-refractivity contribution in [3.63, 3.8) is 0 Å². The van der Waals surface area contributed by atoms with Gasteiger partial charge in [0.1, 0.15) is 37.6 Å². The predicted octanol–water partition coefficient (Wildman–Crippen LogP) is 3.05. The average molecular weight is 392 g/mol. The predicted molar refractivity (Wildman–Crippen MR) is 103 cm³/mol. The molecular weight excluding hydrogens is 364 g/mol. The molecule has 1 N–H and O–H groups in total. The summed E-state index contributed by atoms with van der Waals surface area (Å²) in [5, 5.41) is 11.2. The van der Waals surface area contributed by atoms with Crippen LogP contribution >= 0.6 is 0 Å². The summed E-state index contributed by atoms with van der Waals surface area (Å²) in [6.45, 7) is 0.0963. The first kappa shape index (κ1) is 22.3. The molecule has 28 heavy (non-hydrogen) atoms. The van der Waals surface area contributed by atoms with Gasteiger partial charge in [0.25, 0.3) is 0 Å². The first-order valence-electron chi connectivity index (χ1n) is 8.87. The molecule has 154 valence electrons. The summed E-state index contributed by atoms with van der Waals surface area (Å²) in [6, 6.07) is 16.7. The van der Waals surface area contributed by atoms with Gasteiger partial charge in [-0.25, -0.2) is 0 Å². The highest BCUT2D eigenvalue weighted by Crippen LogP contribution is 2.36. The fourth-order valence-electron chi connectivity index (χ4n) is 2.81. The van der Waals surface area contributed by atoms with Crippen LogP contribution in [-0.4, -0.2) is 52.9 Å². The lowest BCUT2D eigenvalue weighted by Crippen LogP contribution is -2.32. The van der Waals surface area contributed by atoms with Gasteiger partial charge in [-0.3, -0.25) is 0 Å². The van der Waals surface area contributed by atoms with Crippen LogP contribution in [0.4, 0.5) is 0 Å². The van der Waals surface area contributed by atoms with E-state index in [1.807, 2.05) is 42.5 Å². The summed E-state index contributed by atoms with van der Waals surface area (Å²) >= 11 is 0. The molecule has 0 bridgehead atoms. The monoisotopic (exact) mass is 392 g/mol. The van der Waals surface area contributed by atoms with Gasteiger partial charge in [-0.15, -0.1) is 0 Å². The summed E-state index contributed by atoms with van der Waals surface area (Å²) in [7, 11) is 4.59. The number of ether oxygens (including phenoxy) is 6. The Hall–Kier alpha value is -2.00. The van der Waals surface area contributed by atoms with E-state index in [1.165, 1.54) is 21.3 Å². The first-order valence-corrected chi connectivity index (χ1v) is 8.87. The number of hydrogen-bond donors (Lipinski definition) is 1. The van der Waals surface area contributed by atoms with Crippen LogP contribution in [0.1, 0.15) is 23.3 Å². The molecule has 2 aromatic rings. The van der Waals surface area contributed by atoms with Crippen LogP contribution in [0.3, 0.4) is 0 Å². The molecule has 1 unspecified atom stereocenters. The molecule has 0 saturated heterocycles. The number of benzene rings is 2. The minimum absolute atomic E-state index is 0.0114. The third-order valence-corrected chi connectivity index (χ3v) is 4.05. The standard InChI is InChI=1S/C21H28O7/c1-23-13-26-18-12-8-7-11-17(18)19(22)21(28-15-25-3)20(27-14-24-2)16-9-5-4-6-10-16/h4-12,19-22H,13-15H2,1-3H3/t19?,20-,21-/m0/s1. The van der Waals surface area contributed by atoms with Crippen molar-refractivity contribution in [3.8, 4) is 5.75 Å². The van der Waals surface area contributed by atoms with Crippen molar-refractivity contribution in [2.75, 3.05) is 41.7 Å².